The third-order valence-corrected chi connectivity index (χ3v) is 4.25. The lowest BCUT2D eigenvalue weighted by Gasteiger charge is -2.39. The fourth-order valence-corrected chi connectivity index (χ4v) is 3.72. The minimum Gasteiger partial charge on any atom is -0.397 e. The summed E-state index contributed by atoms with van der Waals surface area (Å²) in [5.74, 6) is 0.780. The van der Waals surface area contributed by atoms with Crippen LogP contribution in [0.3, 0.4) is 0 Å². The molecule has 1 aromatic carbocycles. The average molecular weight is 311 g/mol. The summed E-state index contributed by atoms with van der Waals surface area (Å²) in [6.07, 6.45) is 3.77. The molecule has 0 aliphatic heterocycles. The molecule has 0 bridgehead atoms. The SMILES string of the molecule is C[C@H]1C[C@@H](Nc2ccc(Br)cc2N)CC(C)(C)C1. The zero-order valence-corrected chi connectivity index (χ0v) is 13.0. The highest BCUT2D eigenvalue weighted by atomic mass is 79.9. The Kier molecular flexibility index (Phi) is 3.90. The lowest BCUT2D eigenvalue weighted by atomic mass is 9.70. The molecule has 0 spiro atoms. The molecule has 2 nitrogen and oxygen atoms in total. The summed E-state index contributed by atoms with van der Waals surface area (Å²) in [6, 6.07) is 6.59. The Morgan fingerprint density at radius 2 is 2.06 bits per heavy atom. The van der Waals surface area contributed by atoms with Crippen LogP contribution in [0, 0.1) is 11.3 Å². The molecule has 18 heavy (non-hydrogen) atoms. The lowest BCUT2D eigenvalue weighted by molar-refractivity contribution is 0.178. The molecule has 1 saturated carbocycles. The number of halogens is 1. The third-order valence-electron chi connectivity index (χ3n) is 3.76. The molecule has 1 aliphatic rings. The first-order chi connectivity index (χ1) is 8.35. The Bertz CT molecular complexity index is 429. The number of nitrogens with two attached hydrogens (primary N) is 1. The standard InChI is InChI=1S/C15H23BrN2/c1-10-6-12(9-15(2,3)8-10)18-14-5-4-11(16)7-13(14)17/h4-5,7,10,12,18H,6,8-9,17H2,1-3H3/t10-,12+/m0/s1. The van der Waals surface area contributed by atoms with Gasteiger partial charge in [0, 0.05) is 10.5 Å². The molecule has 1 fully saturated rings. The van der Waals surface area contributed by atoms with Crippen molar-refractivity contribution in [2.75, 3.05) is 11.1 Å². The number of hydrogen-bond acceptors (Lipinski definition) is 2. The lowest BCUT2D eigenvalue weighted by Crippen LogP contribution is -2.35. The number of anilines is 2. The van der Waals surface area contributed by atoms with Crippen molar-refractivity contribution in [1.29, 1.82) is 0 Å². The highest BCUT2D eigenvalue weighted by molar-refractivity contribution is 9.10. The number of hydrogen-bond donors (Lipinski definition) is 2. The van der Waals surface area contributed by atoms with Crippen LogP contribution in [0.25, 0.3) is 0 Å². The molecule has 0 unspecified atom stereocenters. The third kappa shape index (κ3) is 3.41. The molecule has 0 aromatic heterocycles. The summed E-state index contributed by atoms with van der Waals surface area (Å²) in [5, 5.41) is 3.62. The summed E-state index contributed by atoms with van der Waals surface area (Å²) in [7, 11) is 0. The van der Waals surface area contributed by atoms with Crippen molar-refractivity contribution in [3.63, 3.8) is 0 Å². The van der Waals surface area contributed by atoms with Crippen molar-refractivity contribution in [3.8, 4) is 0 Å². The van der Waals surface area contributed by atoms with Gasteiger partial charge >= 0.3 is 0 Å². The van der Waals surface area contributed by atoms with Crippen molar-refractivity contribution in [3.05, 3.63) is 22.7 Å². The summed E-state index contributed by atoms with van der Waals surface area (Å²) in [6.45, 7) is 7.07. The maximum Gasteiger partial charge on any atom is 0.0576 e. The molecule has 2 rings (SSSR count). The average Bonchev–Trinajstić information content (AvgIpc) is 2.19. The second kappa shape index (κ2) is 5.12. The topological polar surface area (TPSA) is 38.0 Å². The van der Waals surface area contributed by atoms with Gasteiger partial charge in [0.15, 0.2) is 0 Å². The van der Waals surface area contributed by atoms with Gasteiger partial charge in [0.1, 0.15) is 0 Å². The molecular weight excluding hydrogens is 288 g/mol. The van der Waals surface area contributed by atoms with Crippen LogP contribution < -0.4 is 11.1 Å². The Labute approximate surface area is 118 Å². The van der Waals surface area contributed by atoms with Gasteiger partial charge in [-0.3, -0.25) is 0 Å². The second-order valence-electron chi connectivity index (χ2n) is 6.49. The minimum absolute atomic E-state index is 0.430. The van der Waals surface area contributed by atoms with Crippen LogP contribution >= 0.6 is 15.9 Å². The fraction of sp³-hybridized carbons (Fsp3) is 0.600. The van der Waals surface area contributed by atoms with Gasteiger partial charge in [0.2, 0.25) is 0 Å². The van der Waals surface area contributed by atoms with Gasteiger partial charge in [-0.1, -0.05) is 36.7 Å². The van der Waals surface area contributed by atoms with Crippen molar-refractivity contribution in [2.24, 2.45) is 11.3 Å². The van der Waals surface area contributed by atoms with E-state index in [9.17, 15) is 0 Å². The van der Waals surface area contributed by atoms with Crippen molar-refractivity contribution >= 4 is 27.3 Å². The van der Waals surface area contributed by atoms with E-state index < -0.39 is 0 Å². The van der Waals surface area contributed by atoms with Crippen LogP contribution in [0.15, 0.2) is 22.7 Å². The van der Waals surface area contributed by atoms with Crippen LogP contribution in [0.1, 0.15) is 40.0 Å². The van der Waals surface area contributed by atoms with Gasteiger partial charge in [-0.25, -0.2) is 0 Å². The molecule has 0 radical (unpaired) electrons. The van der Waals surface area contributed by atoms with Crippen molar-refractivity contribution in [1.82, 2.24) is 0 Å². The molecule has 1 aliphatic carbocycles. The van der Waals surface area contributed by atoms with E-state index in [-0.39, 0.29) is 0 Å². The molecule has 100 valence electrons. The van der Waals surface area contributed by atoms with Crippen LogP contribution in [0.4, 0.5) is 11.4 Å². The molecule has 0 heterocycles. The summed E-state index contributed by atoms with van der Waals surface area (Å²) < 4.78 is 1.03. The number of nitrogen functional groups attached to an aromatic ring is 1. The van der Waals surface area contributed by atoms with Crippen molar-refractivity contribution in [2.45, 2.75) is 46.1 Å². The van der Waals surface area contributed by atoms with Gasteiger partial charge in [-0.05, 0) is 48.8 Å². The molecule has 0 amide bonds. The van der Waals surface area contributed by atoms with Crippen LogP contribution in [0.5, 0.6) is 0 Å². The van der Waals surface area contributed by atoms with E-state index in [0.29, 0.717) is 11.5 Å². The Morgan fingerprint density at radius 1 is 1.33 bits per heavy atom. The first-order valence-corrected chi connectivity index (χ1v) is 7.46. The monoisotopic (exact) mass is 310 g/mol. The number of nitrogens with one attached hydrogen (secondary N) is 1. The van der Waals surface area contributed by atoms with E-state index in [4.69, 9.17) is 5.73 Å². The van der Waals surface area contributed by atoms with E-state index in [1.807, 2.05) is 12.1 Å². The van der Waals surface area contributed by atoms with Gasteiger partial charge in [0.05, 0.1) is 11.4 Å². The molecular formula is C15H23BrN2. The molecule has 0 saturated heterocycles. The van der Waals surface area contributed by atoms with E-state index in [1.54, 1.807) is 0 Å². The van der Waals surface area contributed by atoms with Gasteiger partial charge in [0.25, 0.3) is 0 Å². The Morgan fingerprint density at radius 3 is 2.67 bits per heavy atom. The van der Waals surface area contributed by atoms with Crippen LogP contribution in [-0.4, -0.2) is 6.04 Å². The zero-order chi connectivity index (χ0) is 13.3. The predicted octanol–water partition coefficient (Wildman–Crippen LogP) is 4.66. The van der Waals surface area contributed by atoms with E-state index in [1.165, 1.54) is 19.3 Å². The first-order valence-electron chi connectivity index (χ1n) is 6.67. The Hall–Kier alpha value is -0.700. The first kappa shape index (κ1) is 13.7. The molecule has 3 N–H and O–H groups in total. The summed E-state index contributed by atoms with van der Waals surface area (Å²) in [5.41, 5.74) is 8.36. The van der Waals surface area contributed by atoms with E-state index in [0.717, 1.165) is 21.8 Å². The second-order valence-corrected chi connectivity index (χ2v) is 7.40. The normalized spacial score (nSPS) is 26.9. The van der Waals surface area contributed by atoms with E-state index >= 15 is 0 Å². The fourth-order valence-electron chi connectivity index (χ4n) is 3.34. The quantitative estimate of drug-likeness (QED) is 0.780. The van der Waals surface area contributed by atoms with E-state index in [2.05, 4.69) is 48.1 Å². The molecule has 3 heteroatoms. The van der Waals surface area contributed by atoms with Crippen LogP contribution in [-0.2, 0) is 0 Å². The summed E-state index contributed by atoms with van der Waals surface area (Å²) >= 11 is 3.44. The number of benzene rings is 1. The van der Waals surface area contributed by atoms with Gasteiger partial charge < -0.3 is 11.1 Å². The Balaban J connectivity index is 2.09. The minimum atomic E-state index is 0.430. The molecule has 2 atom stereocenters. The highest BCUT2D eigenvalue weighted by Gasteiger charge is 2.32. The summed E-state index contributed by atoms with van der Waals surface area (Å²) in [4.78, 5) is 0. The molecule has 1 aromatic rings. The zero-order valence-electron chi connectivity index (χ0n) is 11.5. The van der Waals surface area contributed by atoms with Gasteiger partial charge in [-0.15, -0.1) is 0 Å². The predicted molar refractivity (Wildman–Crippen MR) is 82.8 cm³/mol. The number of rotatable bonds is 2. The smallest absolute Gasteiger partial charge is 0.0576 e. The van der Waals surface area contributed by atoms with Crippen LogP contribution in [0.2, 0.25) is 0 Å². The maximum absolute atomic E-state index is 6.05. The highest BCUT2D eigenvalue weighted by Crippen LogP contribution is 2.40. The van der Waals surface area contributed by atoms with Crippen molar-refractivity contribution < 1.29 is 0 Å². The maximum atomic E-state index is 6.05. The van der Waals surface area contributed by atoms with Gasteiger partial charge in [-0.2, -0.15) is 0 Å². The largest absolute Gasteiger partial charge is 0.397 e.